The summed E-state index contributed by atoms with van der Waals surface area (Å²) in [5.74, 6) is -0.149. The van der Waals surface area contributed by atoms with Crippen LogP contribution in [-0.4, -0.2) is 39.3 Å². The maximum atomic E-state index is 11.7. The molecule has 0 fully saturated rings. The van der Waals surface area contributed by atoms with Gasteiger partial charge in [-0.1, -0.05) is 23.7 Å². The van der Waals surface area contributed by atoms with E-state index in [9.17, 15) is 4.79 Å². The Kier molecular flexibility index (Phi) is 6.62. The Morgan fingerprint density at radius 1 is 1.29 bits per heavy atom. The Morgan fingerprint density at radius 2 is 2.06 bits per heavy atom. The number of amides is 1. The first-order valence-electron chi connectivity index (χ1n) is 5.48. The van der Waals surface area contributed by atoms with Crippen molar-refractivity contribution in [3.05, 3.63) is 34.9 Å². The van der Waals surface area contributed by atoms with Crippen LogP contribution < -0.4 is 10.6 Å². The zero-order valence-electron chi connectivity index (χ0n) is 9.83. The number of methoxy groups -OCH3 is 1. The van der Waals surface area contributed by atoms with Crippen LogP contribution in [0.1, 0.15) is 10.4 Å². The van der Waals surface area contributed by atoms with E-state index in [2.05, 4.69) is 10.6 Å². The number of hydrogen-bond acceptors (Lipinski definition) is 3. The molecule has 0 aliphatic rings. The van der Waals surface area contributed by atoms with Crippen molar-refractivity contribution in [2.24, 2.45) is 0 Å². The fourth-order valence-corrected chi connectivity index (χ4v) is 1.53. The minimum atomic E-state index is -0.149. The molecule has 17 heavy (non-hydrogen) atoms. The standard InChI is InChI=1S/C12H17ClN2O2/c1-17-9-8-14-6-7-15-12(16)10-4-2-3-5-11(10)13/h2-5,14H,6-9H2,1H3,(H,15,16). The Morgan fingerprint density at radius 3 is 2.76 bits per heavy atom. The molecule has 1 rings (SSSR count). The molecule has 0 spiro atoms. The molecular weight excluding hydrogens is 240 g/mol. The first kappa shape index (κ1) is 14.0. The first-order valence-corrected chi connectivity index (χ1v) is 5.86. The summed E-state index contributed by atoms with van der Waals surface area (Å²) in [5.41, 5.74) is 0.506. The Hall–Kier alpha value is -1.10. The predicted octanol–water partition coefficient (Wildman–Crippen LogP) is 1.31. The van der Waals surface area contributed by atoms with Crippen molar-refractivity contribution in [1.29, 1.82) is 0 Å². The van der Waals surface area contributed by atoms with E-state index in [1.54, 1.807) is 31.4 Å². The summed E-state index contributed by atoms with van der Waals surface area (Å²) in [6.07, 6.45) is 0. The maximum Gasteiger partial charge on any atom is 0.252 e. The molecule has 0 aliphatic carbocycles. The van der Waals surface area contributed by atoms with Gasteiger partial charge in [0.15, 0.2) is 0 Å². The average molecular weight is 257 g/mol. The lowest BCUT2D eigenvalue weighted by molar-refractivity contribution is 0.0954. The molecule has 0 aromatic heterocycles. The van der Waals surface area contributed by atoms with Gasteiger partial charge >= 0.3 is 0 Å². The molecule has 0 heterocycles. The predicted molar refractivity (Wildman–Crippen MR) is 68.5 cm³/mol. The topological polar surface area (TPSA) is 50.4 Å². The molecule has 94 valence electrons. The molecule has 5 heteroatoms. The van der Waals surface area contributed by atoms with Crippen molar-refractivity contribution in [3.8, 4) is 0 Å². The van der Waals surface area contributed by atoms with Gasteiger partial charge in [0.1, 0.15) is 0 Å². The summed E-state index contributed by atoms with van der Waals surface area (Å²) in [4.78, 5) is 11.7. The van der Waals surface area contributed by atoms with E-state index in [4.69, 9.17) is 16.3 Å². The molecule has 1 amide bonds. The lowest BCUT2D eigenvalue weighted by Gasteiger charge is -2.07. The third kappa shape index (κ3) is 5.17. The fraction of sp³-hybridized carbons (Fsp3) is 0.417. The number of hydrogen-bond donors (Lipinski definition) is 2. The van der Waals surface area contributed by atoms with Crippen molar-refractivity contribution >= 4 is 17.5 Å². The molecule has 0 unspecified atom stereocenters. The molecule has 0 bridgehead atoms. The summed E-state index contributed by atoms with van der Waals surface area (Å²) >= 11 is 5.91. The molecule has 0 saturated carbocycles. The summed E-state index contributed by atoms with van der Waals surface area (Å²) in [6, 6.07) is 6.99. The molecule has 4 nitrogen and oxygen atoms in total. The van der Waals surface area contributed by atoms with E-state index in [1.165, 1.54) is 0 Å². The van der Waals surface area contributed by atoms with Crippen molar-refractivity contribution in [2.75, 3.05) is 33.4 Å². The Balaban J connectivity index is 2.24. The van der Waals surface area contributed by atoms with Crippen LogP contribution in [0.5, 0.6) is 0 Å². The fourth-order valence-electron chi connectivity index (χ4n) is 1.30. The van der Waals surface area contributed by atoms with Crippen LogP contribution in [0.15, 0.2) is 24.3 Å². The molecule has 0 saturated heterocycles. The van der Waals surface area contributed by atoms with E-state index >= 15 is 0 Å². The third-order valence-electron chi connectivity index (χ3n) is 2.19. The third-order valence-corrected chi connectivity index (χ3v) is 2.52. The first-order chi connectivity index (χ1) is 8.25. The molecule has 0 radical (unpaired) electrons. The average Bonchev–Trinajstić information content (AvgIpc) is 2.34. The summed E-state index contributed by atoms with van der Waals surface area (Å²) in [7, 11) is 1.65. The summed E-state index contributed by atoms with van der Waals surface area (Å²) in [5, 5.41) is 6.39. The molecule has 0 atom stereocenters. The van der Waals surface area contributed by atoms with Gasteiger partial charge in [-0.2, -0.15) is 0 Å². The van der Waals surface area contributed by atoms with Gasteiger partial charge in [0.2, 0.25) is 0 Å². The Labute approximate surface area is 106 Å². The van der Waals surface area contributed by atoms with Crippen LogP contribution in [0.2, 0.25) is 5.02 Å². The van der Waals surface area contributed by atoms with E-state index < -0.39 is 0 Å². The van der Waals surface area contributed by atoms with Crippen LogP contribution in [0.4, 0.5) is 0 Å². The highest BCUT2D eigenvalue weighted by Gasteiger charge is 2.07. The van der Waals surface area contributed by atoms with Crippen LogP contribution in [0.25, 0.3) is 0 Å². The number of nitrogens with one attached hydrogen (secondary N) is 2. The number of benzene rings is 1. The van der Waals surface area contributed by atoms with E-state index in [0.717, 1.165) is 6.54 Å². The van der Waals surface area contributed by atoms with Crippen LogP contribution in [0, 0.1) is 0 Å². The zero-order chi connectivity index (χ0) is 12.5. The van der Waals surface area contributed by atoms with Crippen molar-refractivity contribution in [2.45, 2.75) is 0 Å². The number of halogens is 1. The monoisotopic (exact) mass is 256 g/mol. The minimum absolute atomic E-state index is 0.149. The molecular formula is C12H17ClN2O2. The number of rotatable bonds is 7. The molecule has 0 aliphatic heterocycles. The van der Waals surface area contributed by atoms with Crippen LogP contribution in [-0.2, 0) is 4.74 Å². The van der Waals surface area contributed by atoms with E-state index in [1.807, 2.05) is 0 Å². The number of ether oxygens (including phenoxy) is 1. The zero-order valence-corrected chi connectivity index (χ0v) is 10.6. The number of carbonyl (C=O) groups excluding carboxylic acids is 1. The largest absolute Gasteiger partial charge is 0.383 e. The van der Waals surface area contributed by atoms with Crippen LogP contribution in [0.3, 0.4) is 0 Å². The highest BCUT2D eigenvalue weighted by Crippen LogP contribution is 2.14. The highest BCUT2D eigenvalue weighted by atomic mass is 35.5. The lowest BCUT2D eigenvalue weighted by atomic mass is 10.2. The summed E-state index contributed by atoms with van der Waals surface area (Å²) < 4.78 is 4.89. The van der Waals surface area contributed by atoms with Gasteiger partial charge in [0, 0.05) is 26.7 Å². The van der Waals surface area contributed by atoms with E-state index in [0.29, 0.717) is 30.3 Å². The molecule has 1 aromatic carbocycles. The quantitative estimate of drug-likeness (QED) is 0.723. The van der Waals surface area contributed by atoms with Gasteiger partial charge in [0.05, 0.1) is 17.2 Å². The second kappa shape index (κ2) is 8.06. The minimum Gasteiger partial charge on any atom is -0.383 e. The van der Waals surface area contributed by atoms with Gasteiger partial charge < -0.3 is 15.4 Å². The van der Waals surface area contributed by atoms with Crippen molar-refractivity contribution < 1.29 is 9.53 Å². The van der Waals surface area contributed by atoms with Crippen molar-refractivity contribution in [1.82, 2.24) is 10.6 Å². The van der Waals surface area contributed by atoms with Gasteiger partial charge in [-0.15, -0.1) is 0 Å². The normalized spacial score (nSPS) is 10.2. The van der Waals surface area contributed by atoms with Gasteiger partial charge in [-0.25, -0.2) is 0 Å². The Bertz CT molecular complexity index is 358. The van der Waals surface area contributed by atoms with Crippen LogP contribution >= 0.6 is 11.6 Å². The van der Waals surface area contributed by atoms with Gasteiger partial charge in [-0.3, -0.25) is 4.79 Å². The highest BCUT2D eigenvalue weighted by molar-refractivity contribution is 6.33. The van der Waals surface area contributed by atoms with Gasteiger partial charge in [0.25, 0.3) is 5.91 Å². The molecule has 2 N–H and O–H groups in total. The number of carbonyl (C=O) groups is 1. The van der Waals surface area contributed by atoms with Crippen molar-refractivity contribution in [3.63, 3.8) is 0 Å². The second-order valence-corrected chi connectivity index (χ2v) is 3.89. The van der Waals surface area contributed by atoms with E-state index in [-0.39, 0.29) is 5.91 Å². The smallest absolute Gasteiger partial charge is 0.252 e. The van der Waals surface area contributed by atoms with Gasteiger partial charge in [-0.05, 0) is 12.1 Å². The molecule has 1 aromatic rings. The lowest BCUT2D eigenvalue weighted by Crippen LogP contribution is -2.33. The second-order valence-electron chi connectivity index (χ2n) is 3.48. The SMILES string of the molecule is COCCNCCNC(=O)c1ccccc1Cl. The summed E-state index contributed by atoms with van der Waals surface area (Å²) in [6.45, 7) is 2.71. The maximum absolute atomic E-state index is 11.7.